The van der Waals surface area contributed by atoms with Crippen LogP contribution in [-0.2, 0) is 4.79 Å². The third-order valence-corrected chi connectivity index (χ3v) is 5.31. The highest BCUT2D eigenvalue weighted by Gasteiger charge is 2.48. The van der Waals surface area contributed by atoms with E-state index in [1.807, 2.05) is 0 Å². The van der Waals surface area contributed by atoms with Crippen LogP contribution in [0.3, 0.4) is 0 Å². The van der Waals surface area contributed by atoms with Crippen LogP contribution < -0.4 is 16.4 Å². The maximum atomic E-state index is 13.1. The average molecular weight is 333 g/mol. The van der Waals surface area contributed by atoms with Crippen molar-refractivity contribution >= 4 is 11.8 Å². The molecule has 1 aromatic carbocycles. The molecule has 0 aliphatic heterocycles. The van der Waals surface area contributed by atoms with Crippen molar-refractivity contribution in [2.75, 3.05) is 13.1 Å². The van der Waals surface area contributed by atoms with Gasteiger partial charge in [-0.3, -0.25) is 9.59 Å². The summed E-state index contributed by atoms with van der Waals surface area (Å²) in [6, 6.07) is 5.57. The smallest absolute Gasteiger partial charge is 0.251 e. The topological polar surface area (TPSA) is 84.2 Å². The summed E-state index contributed by atoms with van der Waals surface area (Å²) >= 11 is 0. The molecule has 130 valence electrons. The van der Waals surface area contributed by atoms with Gasteiger partial charge in [-0.15, -0.1) is 0 Å². The molecule has 0 heterocycles. The van der Waals surface area contributed by atoms with Gasteiger partial charge in [0.15, 0.2) is 0 Å². The maximum Gasteiger partial charge on any atom is 0.251 e. The van der Waals surface area contributed by atoms with E-state index >= 15 is 0 Å². The first kappa shape index (κ1) is 16.9. The van der Waals surface area contributed by atoms with Gasteiger partial charge in [-0.25, -0.2) is 4.39 Å². The molecule has 6 heteroatoms. The van der Waals surface area contributed by atoms with Gasteiger partial charge in [0, 0.05) is 24.7 Å². The highest BCUT2D eigenvalue weighted by molar-refractivity contribution is 5.94. The van der Waals surface area contributed by atoms with Crippen molar-refractivity contribution in [3.05, 3.63) is 35.6 Å². The quantitative estimate of drug-likeness (QED) is 0.689. The number of carbonyl (C=O) groups is 2. The number of carbonyl (C=O) groups excluding carboxylic acids is 2. The molecule has 0 radical (unpaired) electrons. The van der Waals surface area contributed by atoms with Crippen LogP contribution in [0.15, 0.2) is 24.3 Å². The van der Waals surface area contributed by atoms with Crippen LogP contribution >= 0.6 is 0 Å². The molecule has 2 amide bonds. The van der Waals surface area contributed by atoms with Gasteiger partial charge >= 0.3 is 0 Å². The van der Waals surface area contributed by atoms with Crippen LogP contribution in [0.1, 0.15) is 36.0 Å². The van der Waals surface area contributed by atoms with Crippen LogP contribution in [0.5, 0.6) is 0 Å². The van der Waals surface area contributed by atoms with E-state index in [1.165, 1.54) is 18.2 Å². The first-order valence-corrected chi connectivity index (χ1v) is 8.63. The van der Waals surface area contributed by atoms with Gasteiger partial charge in [0.1, 0.15) is 5.82 Å². The summed E-state index contributed by atoms with van der Waals surface area (Å²) in [6.45, 7) is 0.932. The van der Waals surface area contributed by atoms with Crippen molar-refractivity contribution < 1.29 is 14.0 Å². The molecule has 5 nitrogen and oxygen atoms in total. The number of amides is 2. The zero-order valence-corrected chi connectivity index (χ0v) is 13.6. The Morgan fingerprint density at radius 1 is 1.17 bits per heavy atom. The minimum absolute atomic E-state index is 0.00331. The lowest BCUT2D eigenvalue weighted by Crippen LogP contribution is -2.45. The second kappa shape index (κ2) is 7.30. The fourth-order valence-corrected chi connectivity index (χ4v) is 4.08. The number of halogens is 1. The Bertz CT molecular complexity index is 620. The predicted octanol–water partition coefficient (Wildman–Crippen LogP) is 1.44. The molecule has 3 rings (SSSR count). The Kier molecular flexibility index (Phi) is 5.14. The molecule has 4 atom stereocenters. The van der Waals surface area contributed by atoms with E-state index in [1.54, 1.807) is 6.07 Å². The van der Waals surface area contributed by atoms with Crippen LogP contribution in [0, 0.1) is 23.6 Å². The van der Waals surface area contributed by atoms with E-state index in [-0.39, 0.29) is 23.8 Å². The SMILES string of the molecule is NC1C2CCC(C2)C1C(=O)NCCCNC(=O)c1cccc(F)c1. The Morgan fingerprint density at radius 3 is 2.62 bits per heavy atom. The molecular weight excluding hydrogens is 309 g/mol. The van der Waals surface area contributed by atoms with Gasteiger partial charge in [0.05, 0.1) is 5.92 Å². The number of fused-ring (bicyclic) bond motifs is 2. The fourth-order valence-electron chi connectivity index (χ4n) is 4.08. The normalized spacial score (nSPS) is 27.9. The lowest BCUT2D eigenvalue weighted by Gasteiger charge is -2.27. The molecule has 1 aromatic rings. The van der Waals surface area contributed by atoms with Crippen LogP contribution in [0.4, 0.5) is 4.39 Å². The van der Waals surface area contributed by atoms with Gasteiger partial charge < -0.3 is 16.4 Å². The average Bonchev–Trinajstić information content (AvgIpc) is 3.15. The molecule has 4 unspecified atom stereocenters. The third kappa shape index (κ3) is 3.59. The summed E-state index contributed by atoms with van der Waals surface area (Å²) in [7, 11) is 0. The zero-order valence-electron chi connectivity index (χ0n) is 13.6. The molecule has 0 saturated heterocycles. The molecule has 2 fully saturated rings. The van der Waals surface area contributed by atoms with E-state index in [0.717, 1.165) is 19.3 Å². The summed E-state index contributed by atoms with van der Waals surface area (Å²) in [5.74, 6) is 0.207. The lowest BCUT2D eigenvalue weighted by molar-refractivity contribution is -0.127. The number of rotatable bonds is 6. The van der Waals surface area contributed by atoms with Crippen molar-refractivity contribution in [2.45, 2.75) is 31.7 Å². The number of nitrogens with one attached hydrogen (secondary N) is 2. The Labute approximate surface area is 141 Å². The Morgan fingerprint density at radius 2 is 1.92 bits per heavy atom. The first-order chi connectivity index (χ1) is 11.6. The van der Waals surface area contributed by atoms with Crippen molar-refractivity contribution in [3.8, 4) is 0 Å². The summed E-state index contributed by atoms with van der Waals surface area (Å²) < 4.78 is 13.1. The van der Waals surface area contributed by atoms with E-state index in [0.29, 0.717) is 36.9 Å². The summed E-state index contributed by atoms with van der Waals surface area (Å²) in [6.07, 6.45) is 3.98. The first-order valence-electron chi connectivity index (χ1n) is 8.63. The second-order valence-corrected chi connectivity index (χ2v) is 6.85. The van der Waals surface area contributed by atoms with Crippen molar-refractivity contribution in [1.29, 1.82) is 0 Å². The lowest BCUT2D eigenvalue weighted by atomic mass is 9.84. The number of hydrogen-bond donors (Lipinski definition) is 3. The molecule has 0 spiro atoms. The number of hydrogen-bond acceptors (Lipinski definition) is 3. The highest BCUT2D eigenvalue weighted by Crippen LogP contribution is 2.47. The molecule has 0 aromatic heterocycles. The molecule has 2 bridgehead atoms. The molecule has 4 N–H and O–H groups in total. The molecular formula is C18H24FN3O2. The second-order valence-electron chi connectivity index (χ2n) is 6.85. The standard InChI is InChI=1S/C18H24FN3O2/c19-14-4-1-3-13(10-14)17(23)21-7-2-8-22-18(24)15-11-5-6-12(9-11)16(15)20/h1,3-4,10-12,15-16H,2,5-9,20H2,(H,21,23)(H,22,24). The van der Waals surface area contributed by atoms with Crippen LogP contribution in [0.25, 0.3) is 0 Å². The summed E-state index contributed by atoms with van der Waals surface area (Å²) in [5, 5.41) is 5.66. The number of nitrogens with two attached hydrogens (primary N) is 1. The van der Waals surface area contributed by atoms with Gasteiger partial charge in [-0.1, -0.05) is 6.07 Å². The maximum absolute atomic E-state index is 13.1. The molecule has 24 heavy (non-hydrogen) atoms. The fraction of sp³-hybridized carbons (Fsp3) is 0.556. The highest BCUT2D eigenvalue weighted by atomic mass is 19.1. The Balaban J connectivity index is 1.35. The third-order valence-electron chi connectivity index (χ3n) is 5.31. The van der Waals surface area contributed by atoms with Crippen molar-refractivity contribution in [1.82, 2.24) is 10.6 Å². The van der Waals surface area contributed by atoms with Crippen molar-refractivity contribution in [3.63, 3.8) is 0 Å². The summed E-state index contributed by atoms with van der Waals surface area (Å²) in [5.41, 5.74) is 6.46. The Hall–Kier alpha value is -1.95. The van der Waals surface area contributed by atoms with Gasteiger partial charge in [0.2, 0.25) is 5.91 Å². The van der Waals surface area contributed by atoms with E-state index in [4.69, 9.17) is 5.73 Å². The van der Waals surface area contributed by atoms with E-state index in [2.05, 4.69) is 10.6 Å². The van der Waals surface area contributed by atoms with Crippen molar-refractivity contribution in [2.24, 2.45) is 23.5 Å². The summed E-state index contributed by atoms with van der Waals surface area (Å²) in [4.78, 5) is 24.1. The van der Waals surface area contributed by atoms with Gasteiger partial charge in [-0.2, -0.15) is 0 Å². The largest absolute Gasteiger partial charge is 0.356 e. The predicted molar refractivity (Wildman–Crippen MR) is 88.7 cm³/mol. The molecule has 2 aliphatic rings. The monoisotopic (exact) mass is 333 g/mol. The van der Waals surface area contributed by atoms with Crippen LogP contribution in [0.2, 0.25) is 0 Å². The number of benzene rings is 1. The van der Waals surface area contributed by atoms with Gasteiger partial charge in [-0.05, 0) is 55.7 Å². The van der Waals surface area contributed by atoms with Gasteiger partial charge in [0.25, 0.3) is 5.91 Å². The minimum atomic E-state index is -0.433. The van der Waals surface area contributed by atoms with E-state index < -0.39 is 5.82 Å². The minimum Gasteiger partial charge on any atom is -0.356 e. The zero-order chi connectivity index (χ0) is 17.1. The van der Waals surface area contributed by atoms with Crippen LogP contribution in [-0.4, -0.2) is 30.9 Å². The molecule has 2 saturated carbocycles. The molecule has 2 aliphatic carbocycles. The van der Waals surface area contributed by atoms with E-state index in [9.17, 15) is 14.0 Å².